The third-order valence-electron chi connectivity index (χ3n) is 3.66. The number of rotatable bonds is 3. The summed E-state index contributed by atoms with van der Waals surface area (Å²) in [5, 5.41) is 11.4. The fourth-order valence-electron chi connectivity index (χ4n) is 2.51. The van der Waals surface area contributed by atoms with E-state index >= 15 is 0 Å². The van der Waals surface area contributed by atoms with Gasteiger partial charge in [-0.15, -0.1) is 5.10 Å². The number of nitrogens with zero attached hydrogens (tertiary/aromatic N) is 4. The van der Waals surface area contributed by atoms with E-state index in [9.17, 15) is 0 Å². The predicted octanol–water partition coefficient (Wildman–Crippen LogP) is 3.68. The molecule has 0 aliphatic carbocycles. The van der Waals surface area contributed by atoms with Crippen molar-refractivity contribution < 1.29 is 0 Å². The van der Waals surface area contributed by atoms with Crippen LogP contribution in [-0.4, -0.2) is 28.3 Å². The summed E-state index contributed by atoms with van der Waals surface area (Å²) < 4.78 is 1.06. The Hall–Kier alpha value is -1.69. The first kappa shape index (κ1) is 14.3. The molecule has 1 aromatic heterocycles. The van der Waals surface area contributed by atoms with Crippen molar-refractivity contribution in [3.05, 3.63) is 34.4 Å². The molecular weight excluding hydrogens is 330 g/mol. The molecule has 3 rings (SSSR count). The molecule has 1 aromatic carbocycles. The Morgan fingerprint density at radius 1 is 1.19 bits per heavy atom. The molecule has 2 aromatic rings. The van der Waals surface area contributed by atoms with E-state index < -0.39 is 0 Å². The lowest BCUT2D eigenvalue weighted by Crippen LogP contribution is -2.30. The molecule has 1 fully saturated rings. The molecular formula is C15H18BrN5. The average molecular weight is 348 g/mol. The molecule has 0 spiro atoms. The normalized spacial score (nSPS) is 15.0. The minimum Gasteiger partial charge on any atom is -0.355 e. The van der Waals surface area contributed by atoms with Crippen LogP contribution in [0.15, 0.2) is 28.9 Å². The molecule has 0 atom stereocenters. The summed E-state index contributed by atoms with van der Waals surface area (Å²) in [5.41, 5.74) is 2.13. The van der Waals surface area contributed by atoms with Gasteiger partial charge in [0, 0.05) is 23.2 Å². The van der Waals surface area contributed by atoms with Crippen LogP contribution in [0.2, 0.25) is 0 Å². The van der Waals surface area contributed by atoms with Crippen LogP contribution in [0.3, 0.4) is 0 Å². The number of piperidine rings is 1. The van der Waals surface area contributed by atoms with Gasteiger partial charge in [-0.25, -0.2) is 0 Å². The Balaban J connectivity index is 1.79. The van der Waals surface area contributed by atoms with Crippen molar-refractivity contribution in [2.75, 3.05) is 23.3 Å². The first-order valence-electron chi connectivity index (χ1n) is 7.20. The number of aryl methyl sites for hydroxylation is 1. The van der Waals surface area contributed by atoms with Gasteiger partial charge in [0.25, 0.3) is 0 Å². The Morgan fingerprint density at radius 2 is 2.00 bits per heavy atom. The van der Waals surface area contributed by atoms with Crippen LogP contribution in [-0.2, 0) is 0 Å². The third-order valence-corrected chi connectivity index (χ3v) is 4.15. The Labute approximate surface area is 132 Å². The maximum Gasteiger partial charge on any atom is 0.249 e. The van der Waals surface area contributed by atoms with Crippen LogP contribution < -0.4 is 10.2 Å². The molecule has 0 bridgehead atoms. The van der Waals surface area contributed by atoms with Gasteiger partial charge in [0.1, 0.15) is 0 Å². The van der Waals surface area contributed by atoms with Crippen molar-refractivity contribution in [1.82, 2.24) is 15.2 Å². The highest BCUT2D eigenvalue weighted by molar-refractivity contribution is 9.10. The maximum atomic E-state index is 4.58. The van der Waals surface area contributed by atoms with E-state index in [1.807, 2.05) is 12.1 Å². The zero-order chi connectivity index (χ0) is 14.7. The third kappa shape index (κ3) is 3.50. The van der Waals surface area contributed by atoms with Gasteiger partial charge < -0.3 is 10.2 Å². The van der Waals surface area contributed by atoms with Gasteiger partial charge in [0.05, 0.1) is 6.20 Å². The number of halogens is 1. The van der Waals surface area contributed by atoms with Gasteiger partial charge in [0.2, 0.25) is 5.95 Å². The second-order valence-corrected chi connectivity index (χ2v) is 6.19. The van der Waals surface area contributed by atoms with E-state index in [0.717, 1.165) is 34.6 Å². The van der Waals surface area contributed by atoms with E-state index in [2.05, 4.69) is 54.3 Å². The van der Waals surface area contributed by atoms with E-state index in [1.165, 1.54) is 19.3 Å². The molecule has 5 nitrogen and oxygen atoms in total. The van der Waals surface area contributed by atoms with Crippen LogP contribution in [0, 0.1) is 6.92 Å². The largest absolute Gasteiger partial charge is 0.355 e. The zero-order valence-electron chi connectivity index (χ0n) is 12.0. The summed E-state index contributed by atoms with van der Waals surface area (Å²) in [6.45, 7) is 4.15. The number of benzene rings is 1. The quantitative estimate of drug-likeness (QED) is 0.917. The van der Waals surface area contributed by atoms with Crippen LogP contribution in [0.4, 0.5) is 17.5 Å². The number of hydrogen-bond donors (Lipinski definition) is 1. The molecule has 2 heterocycles. The zero-order valence-corrected chi connectivity index (χ0v) is 13.6. The van der Waals surface area contributed by atoms with Gasteiger partial charge >= 0.3 is 0 Å². The molecule has 0 radical (unpaired) electrons. The molecule has 6 heteroatoms. The smallest absolute Gasteiger partial charge is 0.249 e. The van der Waals surface area contributed by atoms with E-state index in [0.29, 0.717) is 5.95 Å². The highest BCUT2D eigenvalue weighted by atomic mass is 79.9. The summed E-state index contributed by atoms with van der Waals surface area (Å²) in [6, 6.07) is 6.07. The number of nitrogens with one attached hydrogen (secondary N) is 1. The molecule has 0 saturated carbocycles. The van der Waals surface area contributed by atoms with Gasteiger partial charge in [-0.2, -0.15) is 10.1 Å². The topological polar surface area (TPSA) is 53.9 Å². The fourth-order valence-corrected chi connectivity index (χ4v) is 2.99. The van der Waals surface area contributed by atoms with Gasteiger partial charge in [-0.05, 0) is 49.9 Å². The SMILES string of the molecule is Cc1cc(Br)ccc1Nc1nncc(N2CCCCC2)n1. The van der Waals surface area contributed by atoms with Crippen LogP contribution in [0.1, 0.15) is 24.8 Å². The number of anilines is 3. The van der Waals surface area contributed by atoms with Gasteiger partial charge in [-0.3, -0.25) is 0 Å². The van der Waals surface area contributed by atoms with E-state index in [1.54, 1.807) is 6.20 Å². The molecule has 1 N–H and O–H groups in total. The molecule has 21 heavy (non-hydrogen) atoms. The second-order valence-electron chi connectivity index (χ2n) is 5.27. The van der Waals surface area contributed by atoms with Crippen molar-refractivity contribution in [1.29, 1.82) is 0 Å². The van der Waals surface area contributed by atoms with Crippen molar-refractivity contribution >= 4 is 33.4 Å². The summed E-state index contributed by atoms with van der Waals surface area (Å²) in [7, 11) is 0. The maximum absolute atomic E-state index is 4.58. The van der Waals surface area contributed by atoms with Crippen LogP contribution in [0.5, 0.6) is 0 Å². The van der Waals surface area contributed by atoms with Gasteiger partial charge in [-0.1, -0.05) is 15.9 Å². The van der Waals surface area contributed by atoms with E-state index in [4.69, 9.17) is 0 Å². The summed E-state index contributed by atoms with van der Waals surface area (Å²) in [5.74, 6) is 1.45. The molecule has 1 saturated heterocycles. The van der Waals surface area contributed by atoms with Crippen LogP contribution >= 0.6 is 15.9 Å². The lowest BCUT2D eigenvalue weighted by atomic mass is 10.1. The predicted molar refractivity (Wildman–Crippen MR) is 88.1 cm³/mol. The summed E-state index contributed by atoms with van der Waals surface area (Å²) in [6.07, 6.45) is 5.49. The summed E-state index contributed by atoms with van der Waals surface area (Å²) >= 11 is 3.47. The molecule has 0 amide bonds. The molecule has 110 valence electrons. The first-order valence-corrected chi connectivity index (χ1v) is 7.99. The lowest BCUT2D eigenvalue weighted by Gasteiger charge is -2.27. The Morgan fingerprint density at radius 3 is 2.76 bits per heavy atom. The molecule has 0 unspecified atom stereocenters. The highest BCUT2D eigenvalue weighted by Crippen LogP contribution is 2.23. The monoisotopic (exact) mass is 347 g/mol. The number of aromatic nitrogens is 3. The standard InChI is InChI=1S/C15H18BrN5/c1-11-9-12(16)5-6-13(11)18-15-19-14(10-17-20-15)21-7-3-2-4-8-21/h5-6,9-10H,2-4,7-8H2,1H3,(H,18,19,20). The summed E-state index contributed by atoms with van der Waals surface area (Å²) in [4.78, 5) is 6.86. The van der Waals surface area contributed by atoms with Crippen molar-refractivity contribution in [3.63, 3.8) is 0 Å². The molecule has 1 aliphatic rings. The Bertz CT molecular complexity index is 625. The first-order chi connectivity index (χ1) is 10.2. The minimum atomic E-state index is 0.545. The van der Waals surface area contributed by atoms with E-state index in [-0.39, 0.29) is 0 Å². The Kier molecular flexibility index (Phi) is 4.34. The number of hydrogen-bond acceptors (Lipinski definition) is 5. The van der Waals surface area contributed by atoms with Gasteiger partial charge in [0.15, 0.2) is 5.82 Å². The lowest BCUT2D eigenvalue weighted by molar-refractivity contribution is 0.572. The molecule has 1 aliphatic heterocycles. The minimum absolute atomic E-state index is 0.545. The van der Waals surface area contributed by atoms with Crippen molar-refractivity contribution in [3.8, 4) is 0 Å². The van der Waals surface area contributed by atoms with Crippen molar-refractivity contribution in [2.45, 2.75) is 26.2 Å². The second kappa shape index (κ2) is 6.39. The van der Waals surface area contributed by atoms with Crippen LogP contribution in [0.25, 0.3) is 0 Å². The average Bonchev–Trinajstić information content (AvgIpc) is 2.51. The fraction of sp³-hybridized carbons (Fsp3) is 0.400. The van der Waals surface area contributed by atoms with Crippen molar-refractivity contribution in [2.24, 2.45) is 0 Å². The highest BCUT2D eigenvalue weighted by Gasteiger charge is 2.13.